The summed E-state index contributed by atoms with van der Waals surface area (Å²) in [4.78, 5) is 3.70. The first-order chi connectivity index (χ1) is 6.34. The summed E-state index contributed by atoms with van der Waals surface area (Å²) < 4.78 is 17.8. The largest absolute Gasteiger partial charge is 0.379 e. The number of nitrogens with zero attached hydrogens (tertiary/aromatic N) is 1. The lowest BCUT2D eigenvalue weighted by atomic mass is 10.2. The minimum Gasteiger partial charge on any atom is -0.379 e. The molecule has 1 aliphatic heterocycles. The van der Waals surface area contributed by atoms with Crippen molar-refractivity contribution in [2.75, 3.05) is 18.5 Å². The molecule has 70 valence electrons. The van der Waals surface area contributed by atoms with Gasteiger partial charge in [0.1, 0.15) is 5.82 Å². The smallest absolute Gasteiger partial charge is 0.214 e. The van der Waals surface area contributed by atoms with E-state index in [0.29, 0.717) is 12.4 Å². The predicted molar refractivity (Wildman–Crippen MR) is 47.0 cm³/mol. The van der Waals surface area contributed by atoms with Crippen LogP contribution in [0.2, 0.25) is 0 Å². The van der Waals surface area contributed by atoms with Crippen LogP contribution in [0.15, 0.2) is 18.2 Å². The zero-order valence-electron chi connectivity index (χ0n) is 7.16. The molecule has 0 saturated carbocycles. The number of rotatable bonds is 2. The molecule has 1 N–H and O–H groups in total. The number of anilines is 1. The van der Waals surface area contributed by atoms with E-state index >= 15 is 0 Å². The van der Waals surface area contributed by atoms with Gasteiger partial charge in [0.2, 0.25) is 5.95 Å². The lowest BCUT2D eigenvalue weighted by Gasteiger charge is -2.10. The highest BCUT2D eigenvalue weighted by molar-refractivity contribution is 5.34. The highest BCUT2D eigenvalue weighted by Crippen LogP contribution is 2.11. The summed E-state index contributed by atoms with van der Waals surface area (Å²) in [7, 11) is 0. The highest BCUT2D eigenvalue weighted by Gasteiger charge is 2.15. The highest BCUT2D eigenvalue weighted by atomic mass is 19.1. The van der Waals surface area contributed by atoms with Crippen LogP contribution < -0.4 is 5.32 Å². The molecule has 0 radical (unpaired) electrons. The average Bonchev–Trinajstić information content (AvgIpc) is 2.57. The Morgan fingerprint density at radius 1 is 1.54 bits per heavy atom. The molecule has 0 aliphatic carbocycles. The van der Waals surface area contributed by atoms with Gasteiger partial charge in [0, 0.05) is 6.61 Å². The predicted octanol–water partition coefficient (Wildman–Crippen LogP) is 1.42. The van der Waals surface area contributed by atoms with E-state index in [-0.39, 0.29) is 6.04 Å². The molecule has 1 saturated heterocycles. The van der Waals surface area contributed by atoms with Crippen LogP contribution in [0.4, 0.5) is 10.2 Å². The fourth-order valence-corrected chi connectivity index (χ4v) is 1.35. The standard InChI is InChI=1S/C9H11FN2O/c10-8-2-1-3-9(12-8)11-7-4-5-13-6-7/h1-3,7H,4-6H2,(H,11,12). The topological polar surface area (TPSA) is 34.1 Å². The first-order valence-electron chi connectivity index (χ1n) is 4.31. The number of pyridine rings is 1. The van der Waals surface area contributed by atoms with Crippen molar-refractivity contribution in [2.24, 2.45) is 0 Å². The van der Waals surface area contributed by atoms with Gasteiger partial charge in [-0.25, -0.2) is 4.98 Å². The van der Waals surface area contributed by atoms with Gasteiger partial charge in [-0.15, -0.1) is 0 Å². The molecule has 1 fully saturated rings. The van der Waals surface area contributed by atoms with Crippen LogP contribution in [0, 0.1) is 5.95 Å². The fraction of sp³-hybridized carbons (Fsp3) is 0.444. The Labute approximate surface area is 75.9 Å². The van der Waals surface area contributed by atoms with E-state index in [2.05, 4.69) is 10.3 Å². The third-order valence-corrected chi connectivity index (χ3v) is 2.00. The molecule has 1 unspecified atom stereocenters. The van der Waals surface area contributed by atoms with Crippen LogP contribution in [0.5, 0.6) is 0 Å². The minimum atomic E-state index is -0.455. The van der Waals surface area contributed by atoms with Gasteiger partial charge in [-0.2, -0.15) is 4.39 Å². The second kappa shape index (κ2) is 3.70. The Balaban J connectivity index is 2.00. The van der Waals surface area contributed by atoms with Crippen LogP contribution in [0.1, 0.15) is 6.42 Å². The summed E-state index contributed by atoms with van der Waals surface area (Å²) in [6.07, 6.45) is 0.957. The van der Waals surface area contributed by atoms with E-state index in [1.165, 1.54) is 6.07 Å². The minimum absolute atomic E-state index is 0.272. The number of halogens is 1. The van der Waals surface area contributed by atoms with E-state index in [0.717, 1.165) is 13.0 Å². The van der Waals surface area contributed by atoms with Crippen LogP contribution >= 0.6 is 0 Å². The van der Waals surface area contributed by atoms with Gasteiger partial charge in [0.25, 0.3) is 0 Å². The molecule has 1 aromatic rings. The number of aromatic nitrogens is 1. The normalized spacial score (nSPS) is 21.8. The number of hydrogen-bond donors (Lipinski definition) is 1. The number of hydrogen-bond acceptors (Lipinski definition) is 3. The molecule has 0 amide bonds. The first-order valence-corrected chi connectivity index (χ1v) is 4.31. The molecule has 1 aliphatic rings. The van der Waals surface area contributed by atoms with Crippen LogP contribution in [-0.4, -0.2) is 24.2 Å². The Hall–Kier alpha value is -1.16. The maximum atomic E-state index is 12.7. The van der Waals surface area contributed by atoms with Gasteiger partial charge in [0.15, 0.2) is 0 Å². The van der Waals surface area contributed by atoms with E-state index in [9.17, 15) is 4.39 Å². The van der Waals surface area contributed by atoms with E-state index in [1.807, 2.05) is 0 Å². The Kier molecular flexibility index (Phi) is 2.40. The summed E-state index contributed by atoms with van der Waals surface area (Å²) in [6.45, 7) is 1.45. The Bertz CT molecular complexity index is 287. The quantitative estimate of drug-likeness (QED) is 0.702. The summed E-state index contributed by atoms with van der Waals surface area (Å²) in [5.74, 6) is 0.124. The molecule has 2 rings (SSSR count). The molecule has 3 nitrogen and oxygen atoms in total. The second-order valence-corrected chi connectivity index (χ2v) is 3.05. The summed E-state index contributed by atoms with van der Waals surface area (Å²) in [5.41, 5.74) is 0. The lowest BCUT2D eigenvalue weighted by Crippen LogP contribution is -2.19. The van der Waals surface area contributed by atoms with Gasteiger partial charge in [0.05, 0.1) is 12.6 Å². The van der Waals surface area contributed by atoms with Crippen molar-refractivity contribution in [3.05, 3.63) is 24.1 Å². The van der Waals surface area contributed by atoms with E-state index in [1.54, 1.807) is 12.1 Å². The fourth-order valence-electron chi connectivity index (χ4n) is 1.35. The molecule has 0 aromatic carbocycles. The molecule has 0 bridgehead atoms. The van der Waals surface area contributed by atoms with Gasteiger partial charge in [-0.05, 0) is 18.6 Å². The van der Waals surface area contributed by atoms with E-state index in [4.69, 9.17) is 4.74 Å². The molecule has 4 heteroatoms. The number of nitrogens with one attached hydrogen (secondary N) is 1. The zero-order valence-corrected chi connectivity index (χ0v) is 7.16. The van der Waals surface area contributed by atoms with Gasteiger partial charge < -0.3 is 10.1 Å². The number of ether oxygens (including phenoxy) is 1. The Morgan fingerprint density at radius 3 is 3.15 bits per heavy atom. The SMILES string of the molecule is Fc1cccc(NC2CCOC2)n1. The first kappa shape index (κ1) is 8.44. The maximum Gasteiger partial charge on any atom is 0.214 e. The molecule has 1 aromatic heterocycles. The van der Waals surface area contributed by atoms with Crippen LogP contribution in [0.3, 0.4) is 0 Å². The molecular weight excluding hydrogens is 171 g/mol. The average molecular weight is 182 g/mol. The van der Waals surface area contributed by atoms with Crippen molar-refractivity contribution >= 4 is 5.82 Å². The summed E-state index contributed by atoms with van der Waals surface area (Å²) >= 11 is 0. The summed E-state index contributed by atoms with van der Waals surface area (Å²) in [6, 6.07) is 4.99. The monoisotopic (exact) mass is 182 g/mol. The van der Waals surface area contributed by atoms with Gasteiger partial charge in [-0.3, -0.25) is 0 Å². The third-order valence-electron chi connectivity index (χ3n) is 2.00. The maximum absolute atomic E-state index is 12.7. The third kappa shape index (κ3) is 2.15. The van der Waals surface area contributed by atoms with Gasteiger partial charge in [-0.1, -0.05) is 6.07 Å². The lowest BCUT2D eigenvalue weighted by molar-refractivity contribution is 0.195. The van der Waals surface area contributed by atoms with Crippen molar-refractivity contribution in [1.82, 2.24) is 4.98 Å². The van der Waals surface area contributed by atoms with Crippen molar-refractivity contribution in [3.8, 4) is 0 Å². The molecule has 1 atom stereocenters. The van der Waals surface area contributed by atoms with Gasteiger partial charge >= 0.3 is 0 Å². The van der Waals surface area contributed by atoms with Crippen molar-refractivity contribution in [2.45, 2.75) is 12.5 Å². The molecule has 0 spiro atoms. The second-order valence-electron chi connectivity index (χ2n) is 3.05. The zero-order chi connectivity index (χ0) is 9.10. The van der Waals surface area contributed by atoms with Crippen LogP contribution in [-0.2, 0) is 4.74 Å². The van der Waals surface area contributed by atoms with Crippen molar-refractivity contribution in [1.29, 1.82) is 0 Å². The van der Waals surface area contributed by atoms with Crippen molar-refractivity contribution < 1.29 is 9.13 Å². The van der Waals surface area contributed by atoms with Crippen molar-refractivity contribution in [3.63, 3.8) is 0 Å². The van der Waals surface area contributed by atoms with Crippen LogP contribution in [0.25, 0.3) is 0 Å². The Morgan fingerprint density at radius 2 is 2.46 bits per heavy atom. The molecule has 13 heavy (non-hydrogen) atoms. The molecule has 2 heterocycles. The van der Waals surface area contributed by atoms with E-state index < -0.39 is 5.95 Å². The summed E-state index contributed by atoms with van der Waals surface area (Å²) in [5, 5.41) is 3.11. The molecular formula is C9H11FN2O.